The van der Waals surface area contributed by atoms with Crippen LogP contribution in [0.15, 0.2) is 12.2 Å². The van der Waals surface area contributed by atoms with E-state index in [2.05, 4.69) is 19.1 Å². The molecule has 0 amide bonds. The second-order valence-corrected chi connectivity index (χ2v) is 13.4. The minimum Gasteiger partial charge on any atom is -0.481 e. The van der Waals surface area contributed by atoms with Gasteiger partial charge in [0.25, 0.3) is 0 Å². The lowest BCUT2D eigenvalue weighted by Crippen LogP contribution is -2.57. The lowest BCUT2D eigenvalue weighted by molar-refractivity contribution is -0.934. The molecule has 7 heteroatoms. The molecule has 0 saturated carbocycles. The van der Waals surface area contributed by atoms with Gasteiger partial charge in [0.1, 0.15) is 17.8 Å². The summed E-state index contributed by atoms with van der Waals surface area (Å²) in [6, 6.07) is 0. The molecule has 0 heterocycles. The number of quaternary nitrogens is 1. The molecular formula is C36H68NO6+. The van der Waals surface area contributed by atoms with Gasteiger partial charge in [-0.1, -0.05) is 109 Å². The number of carbonyl (C=O) groups is 3. The monoisotopic (exact) mass is 611 g/mol. The van der Waals surface area contributed by atoms with E-state index in [4.69, 9.17) is 0 Å². The Hall–Kier alpha value is -1.89. The zero-order chi connectivity index (χ0) is 32.3. The summed E-state index contributed by atoms with van der Waals surface area (Å²) in [7, 11) is 0. The van der Waals surface area contributed by atoms with E-state index in [9.17, 15) is 29.7 Å². The van der Waals surface area contributed by atoms with Crippen LogP contribution in [0, 0.1) is 17.8 Å². The van der Waals surface area contributed by atoms with Gasteiger partial charge in [0.15, 0.2) is 0 Å². The van der Waals surface area contributed by atoms with Gasteiger partial charge < -0.3 is 19.8 Å². The Morgan fingerprint density at radius 3 is 1.07 bits per heavy atom. The third-order valence-electron chi connectivity index (χ3n) is 8.89. The van der Waals surface area contributed by atoms with Crippen molar-refractivity contribution < 1.29 is 34.2 Å². The molecule has 0 spiro atoms. The minimum absolute atomic E-state index is 0.221. The molecule has 43 heavy (non-hydrogen) atoms. The average Bonchev–Trinajstić information content (AvgIpc) is 2.95. The molecule has 0 aliphatic carbocycles. The van der Waals surface area contributed by atoms with Gasteiger partial charge in [-0.05, 0) is 59.3 Å². The molecule has 7 nitrogen and oxygen atoms in total. The Bertz CT molecular complexity index is 697. The molecule has 3 atom stereocenters. The van der Waals surface area contributed by atoms with Crippen molar-refractivity contribution in [3.8, 4) is 0 Å². The molecule has 0 fully saturated rings. The van der Waals surface area contributed by atoms with Gasteiger partial charge in [0, 0.05) is 0 Å². The fourth-order valence-electron chi connectivity index (χ4n) is 6.23. The Morgan fingerprint density at radius 2 is 0.767 bits per heavy atom. The highest BCUT2D eigenvalue weighted by molar-refractivity contribution is 5.70. The summed E-state index contributed by atoms with van der Waals surface area (Å²) >= 11 is 0. The smallest absolute Gasteiger partial charge is 0.311 e. The fraction of sp³-hybridized carbons (Fsp3) is 0.861. The summed E-state index contributed by atoms with van der Waals surface area (Å²) < 4.78 is 0.221. The van der Waals surface area contributed by atoms with Crippen molar-refractivity contribution >= 4 is 17.9 Å². The third-order valence-corrected chi connectivity index (χ3v) is 8.89. The van der Waals surface area contributed by atoms with Gasteiger partial charge in [0.05, 0.1) is 26.2 Å². The van der Waals surface area contributed by atoms with Crippen LogP contribution < -0.4 is 0 Å². The van der Waals surface area contributed by atoms with Crippen molar-refractivity contribution in [2.45, 2.75) is 156 Å². The van der Waals surface area contributed by atoms with Crippen LogP contribution >= 0.6 is 0 Å². The van der Waals surface area contributed by atoms with Gasteiger partial charge in [-0.3, -0.25) is 14.4 Å². The normalized spacial score (nSPS) is 15.3. The second-order valence-electron chi connectivity index (χ2n) is 13.4. The van der Waals surface area contributed by atoms with Crippen molar-refractivity contribution in [2.75, 3.05) is 26.2 Å². The van der Waals surface area contributed by atoms with Gasteiger partial charge in [0.2, 0.25) is 0 Å². The summed E-state index contributed by atoms with van der Waals surface area (Å²) in [6.07, 6.45) is 30.1. The highest BCUT2D eigenvalue weighted by Gasteiger charge is 2.38. The van der Waals surface area contributed by atoms with E-state index >= 15 is 0 Å². The van der Waals surface area contributed by atoms with Gasteiger partial charge in [-0.25, -0.2) is 0 Å². The summed E-state index contributed by atoms with van der Waals surface area (Å²) in [5.74, 6) is -4.82. The Balaban J connectivity index is 4.18. The van der Waals surface area contributed by atoms with E-state index in [1.54, 1.807) is 20.8 Å². The quantitative estimate of drug-likeness (QED) is 0.0410. The highest BCUT2D eigenvalue weighted by Crippen LogP contribution is 2.22. The summed E-state index contributed by atoms with van der Waals surface area (Å²) in [4.78, 5) is 34.9. The maximum atomic E-state index is 11.6. The van der Waals surface area contributed by atoms with Crippen LogP contribution in [-0.4, -0.2) is 63.9 Å². The number of unbranched alkanes of at least 4 members (excludes halogenated alkanes) is 18. The molecule has 252 valence electrons. The minimum atomic E-state index is -0.934. The highest BCUT2D eigenvalue weighted by atomic mass is 16.4. The van der Waals surface area contributed by atoms with Crippen molar-refractivity contribution in [3.63, 3.8) is 0 Å². The molecule has 0 bridgehead atoms. The number of hydrogen-bond donors (Lipinski definition) is 3. The number of hydrogen-bond acceptors (Lipinski definition) is 3. The van der Waals surface area contributed by atoms with E-state index < -0.39 is 35.7 Å². The predicted molar refractivity (Wildman–Crippen MR) is 177 cm³/mol. The topological polar surface area (TPSA) is 112 Å². The molecular weight excluding hydrogens is 542 g/mol. The molecule has 0 aliphatic heterocycles. The van der Waals surface area contributed by atoms with Crippen molar-refractivity contribution in [1.82, 2.24) is 0 Å². The third kappa shape index (κ3) is 23.2. The van der Waals surface area contributed by atoms with Crippen LogP contribution in [0.1, 0.15) is 156 Å². The summed E-state index contributed by atoms with van der Waals surface area (Å²) in [5, 5.41) is 28.6. The number of allylic oxidation sites excluding steroid dienone is 2. The molecule has 0 rings (SSSR count). The molecule has 0 aromatic heterocycles. The van der Waals surface area contributed by atoms with Crippen molar-refractivity contribution in [1.29, 1.82) is 0 Å². The number of aliphatic carboxylic acids is 3. The molecule has 0 aliphatic rings. The standard InChI is InChI=1S/C36H67NO6/c1-5-6-7-8-9-10-11-12-13-14-15-16-17-18-19-20-21-22-23-24-25-26-27-37(28-31(2)34(38)39,29-32(3)35(40)41)30-33(4)36(42)43/h18-19,31-33H,5-17,20-30H2,1-4H3,(H2-,38,39,40,41,42,43)/p+1/b19-18+. The van der Waals surface area contributed by atoms with Crippen LogP contribution in [0.2, 0.25) is 0 Å². The van der Waals surface area contributed by atoms with E-state index in [1.807, 2.05) is 0 Å². The lowest BCUT2D eigenvalue weighted by Gasteiger charge is -2.42. The first-order valence-corrected chi connectivity index (χ1v) is 17.7. The van der Waals surface area contributed by atoms with Gasteiger partial charge in [-0.2, -0.15) is 0 Å². The van der Waals surface area contributed by atoms with Crippen molar-refractivity contribution in [2.24, 2.45) is 17.8 Å². The zero-order valence-corrected chi connectivity index (χ0v) is 28.4. The maximum Gasteiger partial charge on any atom is 0.311 e. The number of rotatable bonds is 31. The average molecular weight is 611 g/mol. The lowest BCUT2D eigenvalue weighted by atomic mass is 10.0. The SMILES string of the molecule is CCCCCCCCCCCCCC/C=C/CCCCCCCC[N+](CC(C)C(=O)O)(CC(C)C(=O)O)CC(C)C(=O)O. The fourth-order valence-corrected chi connectivity index (χ4v) is 6.23. The summed E-state index contributed by atoms with van der Waals surface area (Å²) in [6.45, 7) is 8.49. The predicted octanol–water partition coefficient (Wildman–Crippen LogP) is 9.34. The molecule has 3 N–H and O–H groups in total. The first-order chi connectivity index (χ1) is 20.5. The molecule has 0 aromatic carbocycles. The first-order valence-electron chi connectivity index (χ1n) is 17.7. The van der Waals surface area contributed by atoms with E-state index in [1.165, 1.54) is 96.3 Å². The van der Waals surface area contributed by atoms with Crippen LogP contribution in [-0.2, 0) is 14.4 Å². The second kappa shape index (κ2) is 26.5. The van der Waals surface area contributed by atoms with Crippen LogP contribution in [0.25, 0.3) is 0 Å². The molecule has 0 radical (unpaired) electrons. The maximum absolute atomic E-state index is 11.6. The van der Waals surface area contributed by atoms with Crippen LogP contribution in [0.5, 0.6) is 0 Å². The number of nitrogens with zero attached hydrogens (tertiary/aromatic N) is 1. The van der Waals surface area contributed by atoms with Gasteiger partial charge in [-0.15, -0.1) is 0 Å². The Labute approximate surface area is 264 Å². The zero-order valence-electron chi connectivity index (χ0n) is 28.4. The first kappa shape index (κ1) is 41.1. The van der Waals surface area contributed by atoms with E-state index in [0.29, 0.717) is 6.54 Å². The van der Waals surface area contributed by atoms with Crippen LogP contribution in [0.3, 0.4) is 0 Å². The van der Waals surface area contributed by atoms with E-state index in [0.717, 1.165) is 32.1 Å². The summed E-state index contributed by atoms with van der Waals surface area (Å²) in [5.41, 5.74) is 0. The van der Waals surface area contributed by atoms with E-state index in [-0.39, 0.29) is 24.1 Å². The van der Waals surface area contributed by atoms with Crippen molar-refractivity contribution in [3.05, 3.63) is 12.2 Å². The number of carboxylic acid groups (broad SMARTS) is 3. The largest absolute Gasteiger partial charge is 0.481 e. The Kier molecular flexibility index (Phi) is 25.3. The number of carboxylic acids is 3. The molecule has 0 aromatic rings. The van der Waals surface area contributed by atoms with Gasteiger partial charge >= 0.3 is 17.9 Å². The Morgan fingerprint density at radius 1 is 0.488 bits per heavy atom. The molecule has 3 unspecified atom stereocenters. The van der Waals surface area contributed by atoms with Crippen LogP contribution in [0.4, 0.5) is 0 Å². The molecule has 0 saturated heterocycles.